The number of rotatable bonds is 6. The molecule has 1 aliphatic rings. The summed E-state index contributed by atoms with van der Waals surface area (Å²) in [4.78, 5) is 23.8. The topological polar surface area (TPSA) is 84.9 Å². The minimum atomic E-state index is -4.80. The van der Waals surface area contributed by atoms with Gasteiger partial charge in [0.25, 0.3) is 5.91 Å². The molecule has 0 bridgehead atoms. The molecule has 0 heterocycles. The smallest absolute Gasteiger partial charge is 0.495 e. The molecular weight excluding hydrogens is 403 g/mol. The van der Waals surface area contributed by atoms with Crippen molar-refractivity contribution < 1.29 is 37.3 Å². The lowest BCUT2D eigenvalue weighted by Gasteiger charge is -2.14. The Labute approximate surface area is 169 Å². The van der Waals surface area contributed by atoms with E-state index in [-0.39, 0.29) is 22.6 Å². The summed E-state index contributed by atoms with van der Waals surface area (Å²) in [6, 6.07) is 10.2. The number of carbonyl (C=O) groups is 2. The van der Waals surface area contributed by atoms with Gasteiger partial charge in [-0.15, -0.1) is 13.2 Å². The molecule has 1 amide bonds. The summed E-state index contributed by atoms with van der Waals surface area (Å²) in [6.45, 7) is 0. The Balaban J connectivity index is 1.86. The van der Waals surface area contributed by atoms with Crippen LogP contribution >= 0.6 is 0 Å². The second kappa shape index (κ2) is 8.48. The van der Waals surface area contributed by atoms with Crippen molar-refractivity contribution in [3.63, 3.8) is 0 Å². The summed E-state index contributed by atoms with van der Waals surface area (Å²) < 4.78 is 46.6. The Morgan fingerprint density at radius 1 is 1.03 bits per heavy atom. The zero-order valence-electron chi connectivity index (χ0n) is 15.9. The number of hydrogen-bond donors (Lipinski definition) is 2. The van der Waals surface area contributed by atoms with E-state index in [1.54, 1.807) is 24.3 Å². The summed E-state index contributed by atoms with van der Waals surface area (Å²) in [7, 11) is 1.38. The molecule has 0 aromatic heterocycles. The number of halogens is 3. The number of carboxylic acid groups (broad SMARTS) is 1. The van der Waals surface area contributed by atoms with Crippen LogP contribution in [0.25, 0.3) is 11.1 Å². The predicted octanol–water partition coefficient (Wildman–Crippen LogP) is 4.76. The molecule has 0 spiro atoms. The fourth-order valence-electron chi connectivity index (χ4n) is 3.27. The Bertz CT molecular complexity index is 1010. The first-order chi connectivity index (χ1) is 14.2. The molecule has 1 aliphatic carbocycles. The molecule has 0 saturated carbocycles. The van der Waals surface area contributed by atoms with Crippen molar-refractivity contribution in [3.8, 4) is 22.6 Å². The van der Waals surface area contributed by atoms with E-state index in [4.69, 9.17) is 4.74 Å². The summed E-state index contributed by atoms with van der Waals surface area (Å²) in [5, 5.41) is 11.9. The van der Waals surface area contributed by atoms with Gasteiger partial charge in [-0.3, -0.25) is 4.79 Å². The molecule has 2 aromatic rings. The second-order valence-corrected chi connectivity index (χ2v) is 6.56. The van der Waals surface area contributed by atoms with Crippen LogP contribution in [-0.4, -0.2) is 30.5 Å². The molecule has 3 rings (SSSR count). The number of anilines is 1. The Hall–Kier alpha value is -3.49. The van der Waals surface area contributed by atoms with Crippen LogP contribution in [0.4, 0.5) is 18.9 Å². The van der Waals surface area contributed by atoms with Crippen LogP contribution in [0.5, 0.6) is 11.5 Å². The molecule has 0 fully saturated rings. The summed E-state index contributed by atoms with van der Waals surface area (Å²) in [5.41, 5.74) is 1.65. The van der Waals surface area contributed by atoms with E-state index < -0.39 is 18.2 Å². The van der Waals surface area contributed by atoms with Crippen LogP contribution < -0.4 is 14.8 Å². The van der Waals surface area contributed by atoms with Crippen LogP contribution in [0.15, 0.2) is 53.6 Å². The molecule has 2 N–H and O–H groups in total. The van der Waals surface area contributed by atoms with Gasteiger partial charge in [-0.25, -0.2) is 4.79 Å². The normalized spacial score (nSPS) is 13.9. The minimum absolute atomic E-state index is 0.101. The highest BCUT2D eigenvalue weighted by atomic mass is 19.4. The van der Waals surface area contributed by atoms with Gasteiger partial charge in [0, 0.05) is 11.1 Å². The van der Waals surface area contributed by atoms with Crippen molar-refractivity contribution in [2.24, 2.45) is 0 Å². The number of alkyl halides is 3. The average molecular weight is 421 g/mol. The zero-order chi connectivity index (χ0) is 21.9. The Morgan fingerprint density at radius 3 is 2.40 bits per heavy atom. The Kier molecular flexibility index (Phi) is 6.00. The predicted molar refractivity (Wildman–Crippen MR) is 102 cm³/mol. The first-order valence-electron chi connectivity index (χ1n) is 8.99. The molecule has 0 aliphatic heterocycles. The number of aliphatic carboxylic acids is 1. The fraction of sp³-hybridized carbons (Fsp3) is 0.238. The third-order valence-electron chi connectivity index (χ3n) is 4.60. The number of hydrogen-bond acceptors (Lipinski definition) is 4. The first-order valence-corrected chi connectivity index (χ1v) is 8.99. The molecule has 2 aromatic carbocycles. The van der Waals surface area contributed by atoms with E-state index >= 15 is 0 Å². The van der Waals surface area contributed by atoms with E-state index in [2.05, 4.69) is 10.1 Å². The van der Waals surface area contributed by atoms with Crippen molar-refractivity contribution in [2.45, 2.75) is 25.6 Å². The van der Waals surface area contributed by atoms with E-state index in [0.29, 0.717) is 36.1 Å². The van der Waals surface area contributed by atoms with E-state index in [9.17, 15) is 27.9 Å². The lowest BCUT2D eigenvalue weighted by Crippen LogP contribution is -2.17. The van der Waals surface area contributed by atoms with Crippen molar-refractivity contribution in [3.05, 3.63) is 53.6 Å². The molecule has 9 heteroatoms. The molecule has 158 valence electrons. The van der Waals surface area contributed by atoms with Crippen molar-refractivity contribution in [2.75, 3.05) is 12.4 Å². The number of amides is 1. The number of ether oxygens (including phenoxy) is 2. The van der Waals surface area contributed by atoms with E-state index in [1.807, 2.05) is 0 Å². The van der Waals surface area contributed by atoms with Gasteiger partial charge in [0.05, 0.1) is 12.8 Å². The Morgan fingerprint density at radius 2 is 1.73 bits per heavy atom. The fourth-order valence-corrected chi connectivity index (χ4v) is 3.27. The highest BCUT2D eigenvalue weighted by molar-refractivity contribution is 6.09. The number of methoxy groups -OCH3 is 1. The molecular formula is C21H18F3NO5. The molecule has 0 unspecified atom stereocenters. The average Bonchev–Trinajstić information content (AvgIpc) is 3.17. The maximum Gasteiger partial charge on any atom is 0.573 e. The number of carbonyl (C=O) groups excluding carboxylic acids is 1. The molecule has 0 radical (unpaired) electrons. The highest BCUT2D eigenvalue weighted by Gasteiger charge is 2.31. The monoisotopic (exact) mass is 421 g/mol. The molecule has 30 heavy (non-hydrogen) atoms. The maximum absolute atomic E-state index is 12.5. The van der Waals surface area contributed by atoms with Gasteiger partial charge < -0.3 is 19.9 Å². The maximum atomic E-state index is 12.5. The van der Waals surface area contributed by atoms with Crippen molar-refractivity contribution in [1.82, 2.24) is 0 Å². The molecule has 6 nitrogen and oxygen atoms in total. The minimum Gasteiger partial charge on any atom is -0.495 e. The van der Waals surface area contributed by atoms with Crippen LogP contribution in [0.3, 0.4) is 0 Å². The number of nitrogens with one attached hydrogen (secondary N) is 1. The van der Waals surface area contributed by atoms with Gasteiger partial charge in [0.15, 0.2) is 0 Å². The third kappa shape index (κ3) is 4.91. The van der Waals surface area contributed by atoms with Gasteiger partial charge in [-0.1, -0.05) is 18.2 Å². The summed E-state index contributed by atoms with van der Waals surface area (Å²) in [6.07, 6.45) is -3.49. The van der Waals surface area contributed by atoms with Gasteiger partial charge in [-0.2, -0.15) is 0 Å². The third-order valence-corrected chi connectivity index (χ3v) is 4.60. The SMILES string of the molecule is COc1cc(-c2cccc(OC(F)(F)F)c2)ccc1NC(=O)C1=C(C(=O)O)CCC1. The van der Waals surface area contributed by atoms with Crippen LogP contribution in [0.2, 0.25) is 0 Å². The van der Waals surface area contributed by atoms with Gasteiger partial charge in [0.2, 0.25) is 0 Å². The van der Waals surface area contributed by atoms with Gasteiger partial charge in [-0.05, 0) is 54.7 Å². The van der Waals surface area contributed by atoms with Crippen LogP contribution in [0, 0.1) is 0 Å². The molecule has 0 atom stereocenters. The standard InChI is InChI=1S/C21H18F3NO5/c1-29-18-11-13(12-4-2-5-14(10-12)30-21(22,23)24)8-9-17(18)25-19(26)15-6-3-7-16(15)20(27)28/h2,4-5,8-11H,3,6-7H2,1H3,(H,25,26)(H,27,28). The van der Waals surface area contributed by atoms with Crippen LogP contribution in [-0.2, 0) is 9.59 Å². The van der Waals surface area contributed by atoms with Gasteiger partial charge in [0.1, 0.15) is 11.5 Å². The van der Waals surface area contributed by atoms with Crippen molar-refractivity contribution >= 4 is 17.6 Å². The molecule has 0 saturated heterocycles. The quantitative estimate of drug-likeness (QED) is 0.702. The zero-order valence-corrected chi connectivity index (χ0v) is 15.9. The van der Waals surface area contributed by atoms with Gasteiger partial charge >= 0.3 is 12.3 Å². The van der Waals surface area contributed by atoms with E-state index in [1.165, 1.54) is 25.3 Å². The lowest BCUT2D eigenvalue weighted by molar-refractivity contribution is -0.274. The lowest BCUT2D eigenvalue weighted by atomic mass is 10.0. The first kappa shape index (κ1) is 21.2. The largest absolute Gasteiger partial charge is 0.573 e. The highest BCUT2D eigenvalue weighted by Crippen LogP contribution is 2.34. The van der Waals surface area contributed by atoms with E-state index in [0.717, 1.165) is 0 Å². The summed E-state index contributed by atoms with van der Waals surface area (Å²) in [5.74, 6) is -1.71. The van der Waals surface area contributed by atoms with Crippen molar-refractivity contribution in [1.29, 1.82) is 0 Å². The summed E-state index contributed by atoms with van der Waals surface area (Å²) >= 11 is 0. The second-order valence-electron chi connectivity index (χ2n) is 6.56. The number of benzene rings is 2. The van der Waals surface area contributed by atoms with Crippen LogP contribution in [0.1, 0.15) is 19.3 Å². The number of carboxylic acids is 1.